The van der Waals surface area contributed by atoms with Crippen LogP contribution < -0.4 is 11.3 Å². The topological polar surface area (TPSA) is 342 Å². The van der Waals surface area contributed by atoms with Gasteiger partial charge in [0.2, 0.25) is 5.95 Å². The number of aliphatic hydroxyl groups is 5. The Balaban J connectivity index is 1.21. The van der Waals surface area contributed by atoms with Crippen molar-refractivity contribution in [3.8, 4) is 0 Å². The molecule has 0 aromatic carbocycles. The standard InChI is InChI=1S/C22H34N8O15P2/c1-22(2,3)10-5-29(28-27-10)4-8-12(31)14(33)16(35)20(43-8)44-47(39,40)45-46(37,38)41-6-9-13(32)15(34)19(42-9)30-7-24-11-17(30)25-21(23)26-18(11)36/h5,7-9,12-16,19-20,31-35H,4,6H2,1-3H3,(H,37,38)(H,39,40)(H3,23,25,26,36)/t8?,9-,12-,13+,14+,15?,16?,19-,20-/m1/s1. The summed E-state index contributed by atoms with van der Waals surface area (Å²) in [5.41, 5.74) is 4.80. The molecule has 10 N–H and O–H groups in total. The zero-order chi connectivity index (χ0) is 34.6. The lowest BCUT2D eigenvalue weighted by Gasteiger charge is -2.40. The number of rotatable bonds is 10. The van der Waals surface area contributed by atoms with Crippen molar-refractivity contribution in [1.29, 1.82) is 0 Å². The van der Waals surface area contributed by atoms with Crippen LogP contribution >= 0.6 is 15.6 Å². The molecule has 5 rings (SSSR count). The normalized spacial score (nSPS) is 32.8. The van der Waals surface area contributed by atoms with Gasteiger partial charge in [-0.2, -0.15) is 9.29 Å². The van der Waals surface area contributed by atoms with Crippen LogP contribution in [0.15, 0.2) is 17.3 Å². The van der Waals surface area contributed by atoms with E-state index in [1.54, 1.807) is 6.20 Å². The minimum Gasteiger partial charge on any atom is -0.388 e. The summed E-state index contributed by atoms with van der Waals surface area (Å²) in [7, 11) is -11.2. The number of aliphatic hydroxyl groups excluding tert-OH is 5. The van der Waals surface area contributed by atoms with Crippen LogP contribution in [0.1, 0.15) is 32.7 Å². The molecule has 25 heteroatoms. The second-order valence-corrected chi connectivity index (χ2v) is 14.8. The number of H-pyrrole nitrogens is 1. The molecule has 2 fully saturated rings. The van der Waals surface area contributed by atoms with E-state index in [-0.39, 0.29) is 29.1 Å². The largest absolute Gasteiger partial charge is 0.483 e. The SMILES string of the molecule is CC(C)(C)c1cn(CC2O[C@H](OP(=O)(O)OP(=O)(O)OC[C@H]3O[C@@H](n4cnc5c(=O)[nH]c(N)nc54)C(O)[C@H]3O)C(O)[C@@H](O)[C@@H]2O)nn1. The van der Waals surface area contributed by atoms with Crippen molar-refractivity contribution in [1.82, 2.24) is 34.5 Å². The van der Waals surface area contributed by atoms with Crippen LogP contribution in [-0.4, -0.2) is 125 Å². The third-order valence-corrected chi connectivity index (χ3v) is 9.85. The monoisotopic (exact) mass is 712 g/mol. The van der Waals surface area contributed by atoms with Gasteiger partial charge in [-0.05, 0) is 0 Å². The van der Waals surface area contributed by atoms with Crippen molar-refractivity contribution >= 4 is 32.8 Å². The quantitative estimate of drug-likeness (QED) is 0.0944. The van der Waals surface area contributed by atoms with E-state index in [0.29, 0.717) is 5.69 Å². The molecule has 0 saturated carbocycles. The van der Waals surface area contributed by atoms with Gasteiger partial charge in [0.15, 0.2) is 23.7 Å². The Morgan fingerprint density at radius 1 is 1.00 bits per heavy atom. The van der Waals surface area contributed by atoms with E-state index in [0.717, 1.165) is 10.9 Å². The Hall–Kier alpha value is -2.73. The Kier molecular flexibility index (Phi) is 9.80. The maximum Gasteiger partial charge on any atom is 0.483 e. The van der Waals surface area contributed by atoms with E-state index < -0.39 is 83.1 Å². The molecule has 3 aromatic heterocycles. The average Bonchev–Trinajstić information content (AvgIpc) is 3.67. The number of phosphoric ester groups is 2. The van der Waals surface area contributed by atoms with Gasteiger partial charge in [0.25, 0.3) is 5.56 Å². The highest BCUT2D eigenvalue weighted by Crippen LogP contribution is 2.61. The van der Waals surface area contributed by atoms with Gasteiger partial charge in [-0.15, -0.1) is 5.10 Å². The number of hydrogen-bond donors (Lipinski definition) is 9. The first-order chi connectivity index (χ1) is 21.8. The molecule has 262 valence electrons. The smallest absolute Gasteiger partial charge is 0.388 e. The first kappa shape index (κ1) is 35.6. The highest BCUT2D eigenvalue weighted by atomic mass is 31.3. The van der Waals surface area contributed by atoms with Crippen LogP contribution in [0.3, 0.4) is 0 Å². The number of aromatic nitrogens is 7. The summed E-state index contributed by atoms with van der Waals surface area (Å²) in [6, 6.07) is 0. The second-order valence-electron chi connectivity index (χ2n) is 11.8. The fourth-order valence-electron chi connectivity index (χ4n) is 4.77. The number of aromatic amines is 1. The number of phosphoric acid groups is 2. The lowest BCUT2D eigenvalue weighted by Crippen LogP contribution is -2.58. The summed E-state index contributed by atoms with van der Waals surface area (Å²) in [5.74, 6) is -0.275. The molecule has 5 heterocycles. The van der Waals surface area contributed by atoms with Crippen LogP contribution in [0.2, 0.25) is 0 Å². The van der Waals surface area contributed by atoms with E-state index in [1.165, 1.54) is 4.68 Å². The molecule has 2 aliphatic heterocycles. The third-order valence-electron chi connectivity index (χ3n) is 7.25. The van der Waals surface area contributed by atoms with E-state index in [2.05, 4.69) is 29.6 Å². The fraction of sp³-hybridized carbons (Fsp3) is 0.682. The first-order valence-corrected chi connectivity index (χ1v) is 16.8. The minimum absolute atomic E-state index is 0.110. The van der Waals surface area contributed by atoms with Crippen molar-refractivity contribution in [3.05, 3.63) is 28.6 Å². The van der Waals surface area contributed by atoms with Gasteiger partial charge < -0.3 is 50.5 Å². The van der Waals surface area contributed by atoms with Crippen LogP contribution in [0.4, 0.5) is 5.95 Å². The maximum absolute atomic E-state index is 12.7. The van der Waals surface area contributed by atoms with Gasteiger partial charge in [-0.1, -0.05) is 26.0 Å². The van der Waals surface area contributed by atoms with Crippen molar-refractivity contribution in [2.75, 3.05) is 12.3 Å². The molecule has 47 heavy (non-hydrogen) atoms. The molecule has 2 aliphatic rings. The van der Waals surface area contributed by atoms with E-state index >= 15 is 0 Å². The van der Waals surface area contributed by atoms with Gasteiger partial charge in [0, 0.05) is 11.6 Å². The van der Waals surface area contributed by atoms with Gasteiger partial charge >= 0.3 is 15.6 Å². The zero-order valence-electron chi connectivity index (χ0n) is 24.8. The Bertz CT molecular complexity index is 1740. The van der Waals surface area contributed by atoms with Gasteiger partial charge in [-0.25, -0.2) is 18.8 Å². The number of nitrogens with zero attached hydrogens (tertiary/aromatic N) is 6. The second kappa shape index (κ2) is 12.9. The summed E-state index contributed by atoms with van der Waals surface area (Å²) in [5, 5.41) is 60.0. The van der Waals surface area contributed by atoms with E-state index in [9.17, 15) is 49.2 Å². The number of hydrogen-bond acceptors (Lipinski definition) is 18. The molecule has 0 bridgehead atoms. The molecule has 0 amide bonds. The fourth-order valence-corrected chi connectivity index (χ4v) is 6.93. The number of imidazole rings is 1. The number of fused-ring (bicyclic) bond motifs is 1. The molecule has 11 atom stereocenters. The number of nitrogens with one attached hydrogen (secondary N) is 1. The molecule has 0 spiro atoms. The van der Waals surface area contributed by atoms with E-state index in [1.807, 2.05) is 20.8 Å². The lowest BCUT2D eigenvalue weighted by molar-refractivity contribution is -0.278. The van der Waals surface area contributed by atoms with Crippen molar-refractivity contribution in [2.24, 2.45) is 0 Å². The predicted molar refractivity (Wildman–Crippen MR) is 152 cm³/mol. The first-order valence-electron chi connectivity index (χ1n) is 13.8. The average molecular weight is 713 g/mol. The summed E-state index contributed by atoms with van der Waals surface area (Å²) >= 11 is 0. The van der Waals surface area contributed by atoms with Gasteiger partial charge in [0.05, 0.1) is 25.2 Å². The molecule has 23 nitrogen and oxygen atoms in total. The molecule has 5 unspecified atom stereocenters. The number of nitrogen functional groups attached to an aromatic ring is 1. The van der Waals surface area contributed by atoms with Crippen LogP contribution in [0.5, 0.6) is 0 Å². The van der Waals surface area contributed by atoms with Crippen LogP contribution in [0, 0.1) is 0 Å². The van der Waals surface area contributed by atoms with E-state index in [4.69, 9.17) is 24.3 Å². The van der Waals surface area contributed by atoms with Crippen LogP contribution in [0.25, 0.3) is 11.2 Å². The summed E-state index contributed by atoms with van der Waals surface area (Å²) < 4.78 is 52.2. The minimum atomic E-state index is -5.64. The number of ether oxygens (including phenoxy) is 2. The molecule has 0 aliphatic carbocycles. The van der Waals surface area contributed by atoms with Crippen molar-refractivity contribution < 1.29 is 67.3 Å². The highest BCUT2D eigenvalue weighted by molar-refractivity contribution is 7.61. The third kappa shape index (κ3) is 7.63. The molecular formula is C22H34N8O15P2. The number of anilines is 1. The maximum atomic E-state index is 12.7. The van der Waals surface area contributed by atoms with Gasteiger partial charge in [0.1, 0.15) is 42.7 Å². The lowest BCUT2D eigenvalue weighted by atomic mass is 9.93. The summed E-state index contributed by atoms with van der Waals surface area (Å²) in [6.45, 7) is 4.40. The summed E-state index contributed by atoms with van der Waals surface area (Å²) in [6.07, 6.45) is -13.1. The Labute approximate surface area is 263 Å². The molecular weight excluding hydrogens is 678 g/mol. The Morgan fingerprint density at radius 3 is 2.34 bits per heavy atom. The molecule has 2 saturated heterocycles. The zero-order valence-corrected chi connectivity index (χ0v) is 26.6. The highest BCUT2D eigenvalue weighted by Gasteiger charge is 2.50. The number of nitrogens with two attached hydrogens (primary N) is 1. The predicted octanol–water partition coefficient (Wildman–Crippen LogP) is -3.03. The van der Waals surface area contributed by atoms with Crippen molar-refractivity contribution in [2.45, 2.75) is 88.0 Å². The molecule has 0 radical (unpaired) electrons. The Morgan fingerprint density at radius 2 is 1.68 bits per heavy atom. The van der Waals surface area contributed by atoms with Crippen molar-refractivity contribution in [3.63, 3.8) is 0 Å². The summed E-state index contributed by atoms with van der Waals surface area (Å²) in [4.78, 5) is 42.4. The van der Waals surface area contributed by atoms with Gasteiger partial charge in [-0.3, -0.25) is 23.4 Å². The molecule has 3 aromatic rings. The van der Waals surface area contributed by atoms with Crippen LogP contribution in [-0.2, 0) is 43.9 Å².